The van der Waals surface area contributed by atoms with E-state index in [4.69, 9.17) is 0 Å². The number of halogens is 3. The molecular weight excluding hydrogens is 361 g/mol. The molecule has 1 aromatic heterocycles. The summed E-state index contributed by atoms with van der Waals surface area (Å²) in [7, 11) is 0. The number of carbonyl (C=O) groups is 1. The number of nitriles is 1. The Morgan fingerprint density at radius 1 is 1.22 bits per heavy atom. The van der Waals surface area contributed by atoms with E-state index in [0.717, 1.165) is 38.1 Å². The van der Waals surface area contributed by atoms with Gasteiger partial charge in [0.1, 0.15) is 17.6 Å². The molecule has 1 aliphatic rings. The van der Waals surface area contributed by atoms with Gasteiger partial charge in [0.05, 0.1) is 11.1 Å². The molecule has 0 radical (unpaired) electrons. The first-order chi connectivity index (χ1) is 12.9. The van der Waals surface area contributed by atoms with E-state index < -0.39 is 12.3 Å². The number of hydrogen-bond donors (Lipinski definition) is 1. The van der Waals surface area contributed by atoms with Crippen LogP contribution in [-0.2, 0) is 0 Å². The zero-order valence-electron chi connectivity index (χ0n) is 14.1. The van der Waals surface area contributed by atoms with Gasteiger partial charge in [-0.2, -0.15) is 5.26 Å². The number of hydrogen-bond acceptors (Lipinski definition) is 5. The number of aromatic nitrogens is 1. The Bertz CT molecular complexity index is 870. The molecule has 0 aliphatic carbocycles. The molecule has 0 atom stereocenters. The largest absolute Gasteiger partial charge is 0.573 e. The predicted octanol–water partition coefficient (Wildman–Crippen LogP) is 3.70. The molecule has 9 heteroatoms. The van der Waals surface area contributed by atoms with Crippen LogP contribution in [0.3, 0.4) is 0 Å². The van der Waals surface area contributed by atoms with Gasteiger partial charge >= 0.3 is 6.36 Å². The highest BCUT2D eigenvalue weighted by Gasteiger charge is 2.31. The van der Waals surface area contributed by atoms with Crippen LogP contribution < -0.4 is 15.0 Å². The van der Waals surface area contributed by atoms with E-state index in [9.17, 15) is 23.2 Å². The van der Waals surface area contributed by atoms with Crippen LogP contribution in [0.5, 0.6) is 5.75 Å². The fourth-order valence-electron chi connectivity index (χ4n) is 2.79. The van der Waals surface area contributed by atoms with Crippen molar-refractivity contribution in [2.75, 3.05) is 23.3 Å². The number of anilines is 2. The van der Waals surface area contributed by atoms with Crippen molar-refractivity contribution in [3.05, 3.63) is 47.7 Å². The molecule has 2 aromatic rings. The van der Waals surface area contributed by atoms with Crippen LogP contribution in [0.15, 0.2) is 36.5 Å². The maximum atomic E-state index is 12.3. The summed E-state index contributed by atoms with van der Waals surface area (Å²) in [6, 6.07) is 8.28. The van der Waals surface area contributed by atoms with Gasteiger partial charge in [-0.1, -0.05) is 0 Å². The molecule has 1 N–H and O–H groups in total. The minimum Gasteiger partial charge on any atom is -0.406 e. The molecule has 6 nitrogen and oxygen atoms in total. The molecule has 3 rings (SSSR count). The van der Waals surface area contributed by atoms with Crippen molar-refractivity contribution in [3.63, 3.8) is 0 Å². The molecule has 1 aliphatic heterocycles. The minimum absolute atomic E-state index is 0.185. The number of alkyl halides is 3. The van der Waals surface area contributed by atoms with Gasteiger partial charge in [0.2, 0.25) is 0 Å². The highest BCUT2D eigenvalue weighted by molar-refractivity contribution is 6.04. The Morgan fingerprint density at radius 2 is 1.89 bits per heavy atom. The fraction of sp³-hybridized carbons (Fsp3) is 0.278. The lowest BCUT2D eigenvalue weighted by molar-refractivity contribution is -0.274. The summed E-state index contributed by atoms with van der Waals surface area (Å²) in [5.74, 6) is -0.347. The van der Waals surface area contributed by atoms with E-state index >= 15 is 0 Å². The van der Waals surface area contributed by atoms with Crippen LogP contribution in [0, 0.1) is 11.3 Å². The monoisotopic (exact) mass is 376 g/mol. The Kier molecular flexibility index (Phi) is 5.16. The van der Waals surface area contributed by atoms with E-state index in [1.165, 1.54) is 24.4 Å². The summed E-state index contributed by atoms with van der Waals surface area (Å²) >= 11 is 0. The van der Waals surface area contributed by atoms with E-state index in [1.54, 1.807) is 0 Å². The Hall–Kier alpha value is -3.28. The zero-order chi connectivity index (χ0) is 19.4. The first-order valence-electron chi connectivity index (χ1n) is 8.18. The van der Waals surface area contributed by atoms with Crippen LogP contribution in [0.25, 0.3) is 0 Å². The fourth-order valence-corrected chi connectivity index (χ4v) is 2.79. The van der Waals surface area contributed by atoms with Crippen molar-refractivity contribution in [3.8, 4) is 11.8 Å². The Labute approximate surface area is 153 Å². The van der Waals surface area contributed by atoms with Gasteiger partial charge in [0, 0.05) is 25.0 Å². The topological polar surface area (TPSA) is 78.2 Å². The molecule has 2 heterocycles. The number of amides is 1. The van der Waals surface area contributed by atoms with Crippen molar-refractivity contribution < 1.29 is 22.7 Å². The zero-order valence-corrected chi connectivity index (χ0v) is 14.1. The predicted molar refractivity (Wildman–Crippen MR) is 91.5 cm³/mol. The van der Waals surface area contributed by atoms with E-state index in [-0.39, 0.29) is 17.0 Å². The molecule has 1 amide bonds. The average Bonchev–Trinajstić information content (AvgIpc) is 3.16. The van der Waals surface area contributed by atoms with Gasteiger partial charge in [-0.15, -0.1) is 13.2 Å². The van der Waals surface area contributed by atoms with Crippen molar-refractivity contribution >= 4 is 17.4 Å². The summed E-state index contributed by atoms with van der Waals surface area (Å²) in [5, 5.41) is 11.9. The third-order valence-corrected chi connectivity index (χ3v) is 4.00. The van der Waals surface area contributed by atoms with E-state index in [1.807, 2.05) is 4.90 Å². The van der Waals surface area contributed by atoms with Crippen molar-refractivity contribution in [1.82, 2.24) is 4.98 Å². The summed E-state index contributed by atoms with van der Waals surface area (Å²) < 4.78 is 40.3. The number of nitrogens with zero attached hydrogens (tertiary/aromatic N) is 3. The van der Waals surface area contributed by atoms with Gasteiger partial charge in [0.25, 0.3) is 5.91 Å². The Morgan fingerprint density at radius 3 is 2.48 bits per heavy atom. The number of carbonyl (C=O) groups excluding carboxylic acids is 1. The summed E-state index contributed by atoms with van der Waals surface area (Å²) in [6.07, 6.45) is -1.34. The smallest absolute Gasteiger partial charge is 0.406 e. The Balaban J connectivity index is 1.71. The number of benzene rings is 1. The average molecular weight is 376 g/mol. The van der Waals surface area contributed by atoms with E-state index in [0.29, 0.717) is 11.4 Å². The molecule has 27 heavy (non-hydrogen) atoms. The lowest BCUT2D eigenvalue weighted by Gasteiger charge is -2.17. The molecule has 0 spiro atoms. The number of ether oxygens (including phenoxy) is 1. The normalized spacial score (nSPS) is 13.9. The second-order valence-corrected chi connectivity index (χ2v) is 5.93. The molecule has 0 saturated carbocycles. The first kappa shape index (κ1) is 18.5. The number of rotatable bonds is 4. The minimum atomic E-state index is -4.78. The van der Waals surface area contributed by atoms with Gasteiger partial charge in [-0.25, -0.2) is 4.98 Å². The van der Waals surface area contributed by atoms with Gasteiger partial charge in [-0.05, 0) is 43.2 Å². The third-order valence-electron chi connectivity index (χ3n) is 4.00. The quantitative estimate of drug-likeness (QED) is 0.880. The van der Waals surface area contributed by atoms with Crippen LogP contribution in [-0.4, -0.2) is 30.3 Å². The maximum Gasteiger partial charge on any atom is 0.573 e. The molecular formula is C18H15F3N4O2. The summed E-state index contributed by atoms with van der Waals surface area (Å²) in [5.41, 5.74) is 0.778. The lowest BCUT2D eigenvalue weighted by Crippen LogP contribution is -2.21. The highest BCUT2D eigenvalue weighted by Crippen LogP contribution is 2.25. The standard InChI is InChI=1S/C18H15F3N4O2/c19-18(20,21)27-15-5-3-14(4-6-15)24-17(26)13-9-12(10-22)16(23-11-13)25-7-1-2-8-25/h3-6,9,11H,1-2,7-8H2,(H,24,26). The second-order valence-electron chi connectivity index (χ2n) is 5.93. The summed E-state index contributed by atoms with van der Waals surface area (Å²) in [6.45, 7) is 1.64. The maximum absolute atomic E-state index is 12.3. The second kappa shape index (κ2) is 7.53. The highest BCUT2D eigenvalue weighted by atomic mass is 19.4. The van der Waals surface area contributed by atoms with Crippen molar-refractivity contribution in [2.24, 2.45) is 0 Å². The van der Waals surface area contributed by atoms with Crippen molar-refractivity contribution in [1.29, 1.82) is 5.26 Å². The van der Waals surface area contributed by atoms with Gasteiger partial charge in [-0.3, -0.25) is 4.79 Å². The number of pyridine rings is 1. The molecule has 140 valence electrons. The SMILES string of the molecule is N#Cc1cc(C(=O)Nc2ccc(OC(F)(F)F)cc2)cnc1N1CCCC1. The van der Waals surface area contributed by atoms with Gasteiger partial charge in [0.15, 0.2) is 0 Å². The number of nitrogens with one attached hydrogen (secondary N) is 1. The lowest BCUT2D eigenvalue weighted by atomic mass is 10.1. The van der Waals surface area contributed by atoms with Crippen LogP contribution in [0.1, 0.15) is 28.8 Å². The molecule has 1 aromatic carbocycles. The first-order valence-corrected chi connectivity index (χ1v) is 8.18. The third kappa shape index (κ3) is 4.67. The van der Waals surface area contributed by atoms with Gasteiger partial charge < -0.3 is 15.0 Å². The molecule has 1 fully saturated rings. The van der Waals surface area contributed by atoms with Crippen LogP contribution in [0.4, 0.5) is 24.7 Å². The molecule has 0 unspecified atom stereocenters. The molecule has 0 bridgehead atoms. The van der Waals surface area contributed by atoms with E-state index in [2.05, 4.69) is 21.1 Å². The van der Waals surface area contributed by atoms with Crippen LogP contribution in [0.2, 0.25) is 0 Å². The summed E-state index contributed by atoms with van der Waals surface area (Å²) in [4.78, 5) is 18.6. The molecule has 1 saturated heterocycles. The van der Waals surface area contributed by atoms with Crippen LogP contribution >= 0.6 is 0 Å². The van der Waals surface area contributed by atoms with Crippen molar-refractivity contribution in [2.45, 2.75) is 19.2 Å².